The van der Waals surface area contributed by atoms with E-state index < -0.39 is 11.7 Å². The molecule has 0 radical (unpaired) electrons. The van der Waals surface area contributed by atoms with Crippen LogP contribution in [0, 0.1) is 5.92 Å². The number of carbonyl (C=O) groups excluding carboxylic acids is 1. The summed E-state index contributed by atoms with van der Waals surface area (Å²) in [6.07, 6.45) is 7.01. The predicted octanol–water partition coefficient (Wildman–Crippen LogP) is 4.96. The molecule has 0 atom stereocenters. The van der Waals surface area contributed by atoms with E-state index in [-0.39, 0.29) is 5.91 Å². The van der Waals surface area contributed by atoms with Gasteiger partial charge in [-0.25, -0.2) is 0 Å². The van der Waals surface area contributed by atoms with Gasteiger partial charge in [-0.3, -0.25) is 9.78 Å². The number of aromatic nitrogens is 1. The molecule has 1 aliphatic heterocycles. The molecule has 0 aliphatic carbocycles. The van der Waals surface area contributed by atoms with Crippen LogP contribution in [0.25, 0.3) is 6.08 Å². The highest BCUT2D eigenvalue weighted by molar-refractivity contribution is 5.91. The lowest BCUT2D eigenvalue weighted by molar-refractivity contribution is -0.137. The Morgan fingerprint density at radius 2 is 1.97 bits per heavy atom. The number of unbranched alkanes of at least 4 members (excludes halogenated alkanes) is 1. The Bertz CT molecular complexity index is 876. The summed E-state index contributed by atoms with van der Waals surface area (Å²) in [5, 5.41) is 2.90. The van der Waals surface area contributed by atoms with Crippen LogP contribution in [0.2, 0.25) is 0 Å². The first-order valence-electron chi connectivity index (χ1n) is 11.1. The normalized spacial score (nSPS) is 15.8. The molecule has 2 heterocycles. The highest BCUT2D eigenvalue weighted by Crippen LogP contribution is 2.31. The zero-order valence-corrected chi connectivity index (χ0v) is 18.2. The molecule has 0 saturated carbocycles. The van der Waals surface area contributed by atoms with Crippen molar-refractivity contribution in [3.8, 4) is 0 Å². The van der Waals surface area contributed by atoms with Crippen molar-refractivity contribution < 1.29 is 18.0 Å². The van der Waals surface area contributed by atoms with Crippen molar-refractivity contribution in [2.75, 3.05) is 26.2 Å². The second-order valence-corrected chi connectivity index (χ2v) is 8.31. The van der Waals surface area contributed by atoms with E-state index in [0.29, 0.717) is 18.9 Å². The van der Waals surface area contributed by atoms with Crippen LogP contribution in [-0.2, 0) is 17.4 Å². The first-order valence-corrected chi connectivity index (χ1v) is 11.1. The van der Waals surface area contributed by atoms with Crippen molar-refractivity contribution in [1.29, 1.82) is 0 Å². The van der Waals surface area contributed by atoms with E-state index in [1.54, 1.807) is 24.5 Å². The molecule has 4 nitrogen and oxygen atoms in total. The molecular formula is C25H30F3N3O. The maximum Gasteiger partial charge on any atom is 0.416 e. The second-order valence-electron chi connectivity index (χ2n) is 8.31. The van der Waals surface area contributed by atoms with Crippen LogP contribution >= 0.6 is 0 Å². The fourth-order valence-electron chi connectivity index (χ4n) is 4.00. The van der Waals surface area contributed by atoms with E-state index in [2.05, 4.69) is 15.2 Å². The van der Waals surface area contributed by atoms with Gasteiger partial charge in [0.1, 0.15) is 0 Å². The summed E-state index contributed by atoms with van der Waals surface area (Å²) in [5.74, 6) is 0.324. The average molecular weight is 446 g/mol. The lowest BCUT2D eigenvalue weighted by Gasteiger charge is -2.32. The van der Waals surface area contributed by atoms with Crippen molar-refractivity contribution in [1.82, 2.24) is 15.2 Å². The van der Waals surface area contributed by atoms with Crippen molar-refractivity contribution in [3.05, 3.63) is 71.6 Å². The van der Waals surface area contributed by atoms with Crippen molar-refractivity contribution in [3.63, 3.8) is 0 Å². The molecule has 1 fully saturated rings. The van der Waals surface area contributed by atoms with Gasteiger partial charge in [-0.2, -0.15) is 13.2 Å². The third kappa shape index (κ3) is 8.11. The number of piperidine rings is 1. The smallest absolute Gasteiger partial charge is 0.353 e. The van der Waals surface area contributed by atoms with Gasteiger partial charge >= 0.3 is 6.18 Å². The van der Waals surface area contributed by atoms with Crippen LogP contribution in [0.5, 0.6) is 0 Å². The Morgan fingerprint density at radius 1 is 1.16 bits per heavy atom. The number of benzene rings is 1. The topological polar surface area (TPSA) is 45.2 Å². The standard InChI is InChI=1S/C25H30F3N3O/c26-25(27,28)23-7-3-5-22(18-23)17-20-10-15-31(16-11-20)14-2-1-13-30-24(32)9-8-21-6-4-12-29-19-21/h3-9,12,18-20H,1-2,10-11,13-17H2,(H,30,32). The SMILES string of the molecule is O=C(C=Cc1cccnc1)NCCCCN1CCC(Cc2cccc(C(F)(F)F)c2)CC1. The number of hydrogen-bond donors (Lipinski definition) is 1. The van der Waals surface area contributed by atoms with Crippen molar-refractivity contribution in [2.24, 2.45) is 5.92 Å². The van der Waals surface area contributed by atoms with Crippen molar-refractivity contribution >= 4 is 12.0 Å². The first-order chi connectivity index (χ1) is 15.4. The van der Waals surface area contributed by atoms with Crippen LogP contribution in [-0.4, -0.2) is 42.0 Å². The predicted molar refractivity (Wildman–Crippen MR) is 120 cm³/mol. The highest BCUT2D eigenvalue weighted by Gasteiger charge is 2.30. The van der Waals surface area contributed by atoms with Gasteiger partial charge in [0.2, 0.25) is 5.91 Å². The Morgan fingerprint density at radius 3 is 2.69 bits per heavy atom. The molecule has 2 aromatic rings. The number of amides is 1. The number of hydrogen-bond acceptors (Lipinski definition) is 3. The Balaban J connectivity index is 1.28. The fraction of sp³-hybridized carbons (Fsp3) is 0.440. The van der Waals surface area contributed by atoms with E-state index >= 15 is 0 Å². The van der Waals surface area contributed by atoms with E-state index in [1.165, 1.54) is 18.2 Å². The largest absolute Gasteiger partial charge is 0.416 e. The maximum absolute atomic E-state index is 12.9. The number of rotatable bonds is 9. The average Bonchev–Trinajstić information content (AvgIpc) is 2.79. The van der Waals surface area contributed by atoms with E-state index in [4.69, 9.17) is 0 Å². The van der Waals surface area contributed by atoms with Gasteiger partial charge in [0.15, 0.2) is 0 Å². The molecule has 1 aromatic heterocycles. The number of carbonyl (C=O) groups is 1. The number of alkyl halides is 3. The molecule has 172 valence electrons. The number of nitrogens with one attached hydrogen (secondary N) is 1. The van der Waals surface area contributed by atoms with Gasteiger partial charge in [-0.15, -0.1) is 0 Å². The van der Waals surface area contributed by atoms with E-state index in [9.17, 15) is 18.0 Å². The van der Waals surface area contributed by atoms with Crippen molar-refractivity contribution in [2.45, 2.75) is 38.3 Å². The monoisotopic (exact) mass is 445 g/mol. The molecule has 1 amide bonds. The molecule has 1 aliphatic rings. The molecule has 0 spiro atoms. The molecule has 1 saturated heterocycles. The summed E-state index contributed by atoms with van der Waals surface area (Å²) in [6.45, 7) is 3.58. The molecule has 1 aromatic carbocycles. The summed E-state index contributed by atoms with van der Waals surface area (Å²) in [4.78, 5) is 18.3. The zero-order chi connectivity index (χ0) is 22.8. The van der Waals surface area contributed by atoms with Crippen LogP contribution in [0.4, 0.5) is 13.2 Å². The van der Waals surface area contributed by atoms with Gasteiger partial charge in [-0.1, -0.05) is 24.3 Å². The Labute approximate surface area is 187 Å². The molecular weight excluding hydrogens is 415 g/mol. The number of halogens is 3. The van der Waals surface area contributed by atoms with E-state index in [1.807, 2.05) is 12.1 Å². The van der Waals surface area contributed by atoms with Gasteiger partial charge in [0.25, 0.3) is 0 Å². The summed E-state index contributed by atoms with van der Waals surface area (Å²) in [5.41, 5.74) is 1.10. The van der Waals surface area contributed by atoms with Crippen LogP contribution in [0.1, 0.15) is 42.4 Å². The summed E-state index contributed by atoms with van der Waals surface area (Å²) in [6, 6.07) is 9.42. The van der Waals surface area contributed by atoms with Gasteiger partial charge < -0.3 is 10.2 Å². The minimum absolute atomic E-state index is 0.107. The Hall–Kier alpha value is -2.67. The van der Waals surface area contributed by atoms with Gasteiger partial charge in [-0.05, 0) is 87.0 Å². The number of nitrogens with zero attached hydrogens (tertiary/aromatic N) is 2. The third-order valence-electron chi connectivity index (χ3n) is 5.80. The summed E-state index contributed by atoms with van der Waals surface area (Å²) >= 11 is 0. The zero-order valence-electron chi connectivity index (χ0n) is 18.2. The summed E-state index contributed by atoms with van der Waals surface area (Å²) in [7, 11) is 0. The Kier molecular flexibility index (Phi) is 8.85. The third-order valence-corrected chi connectivity index (χ3v) is 5.80. The molecule has 0 unspecified atom stereocenters. The van der Waals surface area contributed by atoms with Gasteiger partial charge in [0.05, 0.1) is 5.56 Å². The highest BCUT2D eigenvalue weighted by atomic mass is 19.4. The molecule has 7 heteroatoms. The minimum atomic E-state index is -4.28. The number of likely N-dealkylation sites (tertiary alicyclic amines) is 1. The van der Waals surface area contributed by atoms with E-state index in [0.717, 1.165) is 62.5 Å². The maximum atomic E-state index is 12.9. The summed E-state index contributed by atoms with van der Waals surface area (Å²) < 4.78 is 38.7. The molecule has 3 rings (SSSR count). The molecule has 1 N–H and O–H groups in total. The molecule has 0 bridgehead atoms. The first kappa shape index (κ1) is 24.0. The van der Waals surface area contributed by atoms with Crippen LogP contribution < -0.4 is 5.32 Å². The lowest BCUT2D eigenvalue weighted by atomic mass is 9.89. The quantitative estimate of drug-likeness (QED) is 0.438. The minimum Gasteiger partial charge on any atom is -0.353 e. The fourth-order valence-corrected chi connectivity index (χ4v) is 4.00. The lowest BCUT2D eigenvalue weighted by Crippen LogP contribution is -2.35. The van der Waals surface area contributed by atoms with Gasteiger partial charge in [0, 0.05) is 25.0 Å². The number of pyridine rings is 1. The second kappa shape index (κ2) is 11.8. The van der Waals surface area contributed by atoms with Crippen LogP contribution in [0.15, 0.2) is 54.9 Å². The molecule has 32 heavy (non-hydrogen) atoms. The van der Waals surface area contributed by atoms with Crippen LogP contribution in [0.3, 0.4) is 0 Å².